The number of nitrogens with one attached hydrogen (secondary N) is 1. The number of amides is 1. The Balaban J connectivity index is 3.84. The number of aliphatic carboxylic acids is 1. The molecule has 0 bridgehead atoms. The summed E-state index contributed by atoms with van der Waals surface area (Å²) in [7, 11) is 0. The third-order valence-electron chi connectivity index (χ3n) is 1.81. The highest BCUT2D eigenvalue weighted by Gasteiger charge is 2.18. The van der Waals surface area contributed by atoms with Crippen LogP contribution in [-0.4, -0.2) is 47.8 Å². The second kappa shape index (κ2) is 7.63. The number of aliphatic hydroxyl groups excluding tert-OH is 1. The molecule has 0 aromatic heterocycles. The first-order valence-electron chi connectivity index (χ1n) is 4.81. The summed E-state index contributed by atoms with van der Waals surface area (Å²) in [6.07, 6.45) is 0.0526. The van der Waals surface area contributed by atoms with E-state index in [9.17, 15) is 14.4 Å². The van der Waals surface area contributed by atoms with Crippen molar-refractivity contribution in [1.29, 1.82) is 0 Å². The minimum atomic E-state index is -1.15. The Labute approximate surface area is 92.4 Å². The van der Waals surface area contributed by atoms with E-state index in [0.717, 1.165) is 0 Å². The van der Waals surface area contributed by atoms with E-state index < -0.39 is 30.4 Å². The first-order valence-corrected chi connectivity index (χ1v) is 4.81. The molecule has 16 heavy (non-hydrogen) atoms. The van der Waals surface area contributed by atoms with Gasteiger partial charge in [-0.1, -0.05) is 0 Å². The lowest BCUT2D eigenvalue weighted by Gasteiger charge is -2.09. The molecule has 0 rings (SSSR count). The Kier molecular flexibility index (Phi) is 6.86. The van der Waals surface area contributed by atoms with Crippen molar-refractivity contribution >= 4 is 17.8 Å². The van der Waals surface area contributed by atoms with Crippen molar-refractivity contribution in [3.05, 3.63) is 0 Å². The first kappa shape index (κ1) is 14.4. The molecule has 0 radical (unpaired) electrons. The molecule has 0 aliphatic rings. The Hall–Kier alpha value is -1.63. The molecule has 0 aromatic rings. The lowest BCUT2D eigenvalue weighted by Crippen LogP contribution is -2.35. The fourth-order valence-corrected chi connectivity index (χ4v) is 0.922. The zero-order valence-electron chi connectivity index (χ0n) is 8.93. The van der Waals surface area contributed by atoms with Gasteiger partial charge in [-0.25, -0.2) is 4.79 Å². The van der Waals surface area contributed by atoms with Gasteiger partial charge in [0.1, 0.15) is 0 Å². The zero-order chi connectivity index (χ0) is 12.6. The standard InChI is InChI=1S/C9H15NO6/c1-2-16-9(15)7(12)10-4-3-6(5-11)8(13)14/h6,11H,2-5H2,1H3,(H,10,12)(H,13,14)/t6-/m0/s1. The van der Waals surface area contributed by atoms with Crippen LogP contribution in [0.4, 0.5) is 0 Å². The molecule has 0 aliphatic carbocycles. The van der Waals surface area contributed by atoms with Gasteiger partial charge in [-0.2, -0.15) is 0 Å². The summed E-state index contributed by atoms with van der Waals surface area (Å²) in [6.45, 7) is 1.15. The molecule has 7 nitrogen and oxygen atoms in total. The second-order valence-corrected chi connectivity index (χ2v) is 2.98. The van der Waals surface area contributed by atoms with Crippen LogP contribution in [0.5, 0.6) is 0 Å². The minimum absolute atomic E-state index is 0.00479. The summed E-state index contributed by atoms with van der Waals surface area (Å²) in [5.74, 6) is -4.00. The van der Waals surface area contributed by atoms with Gasteiger partial charge in [0.15, 0.2) is 0 Å². The van der Waals surface area contributed by atoms with Gasteiger partial charge >= 0.3 is 17.8 Å². The molecule has 0 heterocycles. The van der Waals surface area contributed by atoms with E-state index in [1.54, 1.807) is 6.92 Å². The maximum absolute atomic E-state index is 11.0. The average molecular weight is 233 g/mol. The molecule has 3 N–H and O–H groups in total. The van der Waals surface area contributed by atoms with Gasteiger partial charge in [0.25, 0.3) is 0 Å². The van der Waals surface area contributed by atoms with Crippen molar-refractivity contribution in [2.24, 2.45) is 5.92 Å². The highest BCUT2D eigenvalue weighted by molar-refractivity contribution is 6.32. The summed E-state index contributed by atoms with van der Waals surface area (Å²) in [5.41, 5.74) is 0. The van der Waals surface area contributed by atoms with Crippen LogP contribution in [-0.2, 0) is 19.1 Å². The van der Waals surface area contributed by atoms with Crippen LogP contribution in [0.3, 0.4) is 0 Å². The molecule has 0 aromatic carbocycles. The molecule has 0 aliphatic heterocycles. The summed E-state index contributed by atoms with van der Waals surface area (Å²) in [6, 6.07) is 0. The van der Waals surface area contributed by atoms with E-state index in [-0.39, 0.29) is 19.6 Å². The Bertz CT molecular complexity index is 265. The van der Waals surface area contributed by atoms with E-state index in [1.807, 2.05) is 0 Å². The maximum atomic E-state index is 11.0. The molecule has 0 spiro atoms. The highest BCUT2D eigenvalue weighted by atomic mass is 16.5. The van der Waals surface area contributed by atoms with E-state index in [1.165, 1.54) is 0 Å². The van der Waals surface area contributed by atoms with Crippen LogP contribution >= 0.6 is 0 Å². The number of ether oxygens (including phenoxy) is 1. The molecule has 0 fully saturated rings. The van der Waals surface area contributed by atoms with Crippen LogP contribution in [0.1, 0.15) is 13.3 Å². The molecule has 0 unspecified atom stereocenters. The fraction of sp³-hybridized carbons (Fsp3) is 0.667. The van der Waals surface area contributed by atoms with Crippen molar-refractivity contribution in [2.45, 2.75) is 13.3 Å². The van der Waals surface area contributed by atoms with E-state index >= 15 is 0 Å². The molecule has 1 atom stereocenters. The van der Waals surface area contributed by atoms with E-state index in [4.69, 9.17) is 10.2 Å². The molecule has 92 valence electrons. The second-order valence-electron chi connectivity index (χ2n) is 2.98. The quantitative estimate of drug-likeness (QED) is 0.390. The van der Waals surface area contributed by atoms with Gasteiger partial charge in [0.05, 0.1) is 19.1 Å². The topological polar surface area (TPSA) is 113 Å². The zero-order valence-corrected chi connectivity index (χ0v) is 8.93. The van der Waals surface area contributed by atoms with Crippen molar-refractivity contribution < 1.29 is 29.3 Å². The van der Waals surface area contributed by atoms with Crippen molar-refractivity contribution in [3.63, 3.8) is 0 Å². The Morgan fingerprint density at radius 3 is 2.44 bits per heavy atom. The predicted molar refractivity (Wildman–Crippen MR) is 52.5 cm³/mol. The summed E-state index contributed by atoms with van der Waals surface area (Å²) >= 11 is 0. The van der Waals surface area contributed by atoms with Crippen LogP contribution in [0.15, 0.2) is 0 Å². The summed E-state index contributed by atoms with van der Waals surface area (Å²) < 4.78 is 4.42. The molecule has 7 heteroatoms. The highest BCUT2D eigenvalue weighted by Crippen LogP contribution is 2.00. The predicted octanol–water partition coefficient (Wildman–Crippen LogP) is -1.25. The fourth-order valence-electron chi connectivity index (χ4n) is 0.922. The molecule has 0 saturated heterocycles. The number of carboxylic acids is 1. The number of carbonyl (C=O) groups excluding carboxylic acids is 2. The number of carbonyl (C=O) groups is 3. The number of hydrogen-bond donors (Lipinski definition) is 3. The third kappa shape index (κ3) is 5.30. The van der Waals surface area contributed by atoms with Gasteiger partial charge < -0.3 is 20.3 Å². The van der Waals surface area contributed by atoms with Crippen LogP contribution in [0, 0.1) is 5.92 Å². The van der Waals surface area contributed by atoms with Crippen LogP contribution in [0.2, 0.25) is 0 Å². The van der Waals surface area contributed by atoms with Gasteiger partial charge in [0, 0.05) is 6.54 Å². The SMILES string of the molecule is CCOC(=O)C(=O)NCC[C@@H](CO)C(=O)O. The number of hydrogen-bond acceptors (Lipinski definition) is 5. The van der Waals surface area contributed by atoms with Crippen molar-refractivity contribution in [2.75, 3.05) is 19.8 Å². The number of esters is 1. The lowest BCUT2D eigenvalue weighted by molar-refractivity contribution is -0.154. The summed E-state index contributed by atoms with van der Waals surface area (Å²) in [5, 5.41) is 19.4. The largest absolute Gasteiger partial charge is 0.481 e. The number of aliphatic hydroxyl groups is 1. The van der Waals surface area contributed by atoms with Gasteiger partial charge in [-0.3, -0.25) is 9.59 Å². The summed E-state index contributed by atoms with van der Waals surface area (Å²) in [4.78, 5) is 32.3. The normalized spacial score (nSPS) is 11.6. The average Bonchev–Trinajstić information content (AvgIpc) is 2.23. The van der Waals surface area contributed by atoms with E-state index in [2.05, 4.69) is 10.1 Å². The van der Waals surface area contributed by atoms with Gasteiger partial charge in [0.2, 0.25) is 0 Å². The molecule has 0 saturated carbocycles. The maximum Gasteiger partial charge on any atom is 0.396 e. The molecular weight excluding hydrogens is 218 g/mol. The van der Waals surface area contributed by atoms with Crippen LogP contribution < -0.4 is 5.32 Å². The smallest absolute Gasteiger partial charge is 0.396 e. The third-order valence-corrected chi connectivity index (χ3v) is 1.81. The molecular formula is C9H15NO6. The van der Waals surface area contributed by atoms with Gasteiger partial charge in [-0.05, 0) is 13.3 Å². The van der Waals surface area contributed by atoms with Crippen molar-refractivity contribution in [1.82, 2.24) is 5.32 Å². The Morgan fingerprint density at radius 2 is 2.00 bits per heavy atom. The monoisotopic (exact) mass is 233 g/mol. The van der Waals surface area contributed by atoms with E-state index in [0.29, 0.717) is 0 Å². The minimum Gasteiger partial charge on any atom is -0.481 e. The van der Waals surface area contributed by atoms with Crippen LogP contribution in [0.25, 0.3) is 0 Å². The number of rotatable bonds is 6. The lowest BCUT2D eigenvalue weighted by atomic mass is 10.1. The Morgan fingerprint density at radius 1 is 1.38 bits per heavy atom. The molecule has 1 amide bonds. The number of carboxylic acid groups (broad SMARTS) is 1. The first-order chi connectivity index (χ1) is 7.52. The van der Waals surface area contributed by atoms with Gasteiger partial charge in [-0.15, -0.1) is 0 Å². The van der Waals surface area contributed by atoms with Crippen molar-refractivity contribution in [3.8, 4) is 0 Å².